The van der Waals surface area contributed by atoms with Crippen LogP contribution >= 0.6 is 11.3 Å². The number of methoxy groups -OCH3 is 1. The van der Waals surface area contributed by atoms with Crippen molar-refractivity contribution in [3.63, 3.8) is 0 Å². The number of unbranched alkanes of at least 4 members (excludes halogenated alkanes) is 3. The number of hydrogen-bond donors (Lipinski definition) is 2. The summed E-state index contributed by atoms with van der Waals surface area (Å²) < 4.78 is 5.21. The monoisotopic (exact) mass is 299 g/mol. The maximum Gasteiger partial charge on any atom is 0.220 e. The van der Waals surface area contributed by atoms with Crippen molar-refractivity contribution < 1.29 is 9.53 Å². The molecule has 1 aromatic rings. The van der Waals surface area contributed by atoms with E-state index in [-0.39, 0.29) is 12.0 Å². The van der Waals surface area contributed by atoms with Crippen molar-refractivity contribution in [2.45, 2.75) is 51.7 Å². The van der Waals surface area contributed by atoms with E-state index < -0.39 is 0 Å². The maximum absolute atomic E-state index is 11.7. The van der Waals surface area contributed by atoms with Crippen LogP contribution in [0.15, 0.2) is 5.38 Å². The molecule has 0 aliphatic heterocycles. The van der Waals surface area contributed by atoms with Crippen LogP contribution in [0.25, 0.3) is 0 Å². The number of nitrogens with one attached hydrogen (secondary N) is 1. The van der Waals surface area contributed by atoms with Crippen LogP contribution in [-0.4, -0.2) is 24.5 Å². The Kier molecular flexibility index (Phi) is 8.41. The lowest BCUT2D eigenvalue weighted by Crippen LogP contribution is -2.22. The van der Waals surface area contributed by atoms with Crippen molar-refractivity contribution in [1.29, 1.82) is 0 Å². The average molecular weight is 299 g/mol. The summed E-state index contributed by atoms with van der Waals surface area (Å²) in [6.07, 6.45) is 4.73. The number of carbonyl (C=O) groups excluding carboxylic acids is 1. The Morgan fingerprint density at radius 2 is 2.20 bits per heavy atom. The minimum atomic E-state index is 0.00648. The second-order valence-corrected chi connectivity index (χ2v) is 5.67. The molecule has 0 radical (unpaired) electrons. The van der Waals surface area contributed by atoms with Crippen molar-refractivity contribution in [3.05, 3.63) is 16.1 Å². The van der Waals surface area contributed by atoms with Gasteiger partial charge in [-0.05, 0) is 26.3 Å². The van der Waals surface area contributed by atoms with Gasteiger partial charge in [0.2, 0.25) is 5.91 Å². The first-order valence-electron chi connectivity index (χ1n) is 7.11. The lowest BCUT2D eigenvalue weighted by Gasteiger charge is -2.05. The minimum Gasteiger partial charge on any atom is -0.375 e. The molecule has 6 heteroatoms. The molecule has 0 aliphatic carbocycles. The number of thiazole rings is 1. The molecule has 0 bridgehead atoms. The number of nitrogens with zero attached hydrogens (tertiary/aromatic N) is 1. The lowest BCUT2D eigenvalue weighted by atomic mass is 10.1. The standard InChI is InChI=1S/C14H25N3O2S/c1-11(19-2)14-17-12(10-20-14)9-16-13(18)7-5-3-4-6-8-15/h10-11H,3-9,15H2,1-2H3,(H,16,18). The van der Waals surface area contributed by atoms with Crippen LogP contribution < -0.4 is 11.1 Å². The normalized spacial score (nSPS) is 12.3. The molecule has 0 spiro atoms. The zero-order chi connectivity index (χ0) is 14.8. The molecular formula is C14H25N3O2S. The van der Waals surface area contributed by atoms with Gasteiger partial charge in [-0.1, -0.05) is 12.8 Å². The van der Waals surface area contributed by atoms with E-state index in [4.69, 9.17) is 10.5 Å². The Morgan fingerprint density at radius 3 is 2.90 bits per heavy atom. The molecule has 0 fully saturated rings. The Hall–Kier alpha value is -0.980. The summed E-state index contributed by atoms with van der Waals surface area (Å²) in [6.45, 7) is 3.19. The maximum atomic E-state index is 11.7. The molecule has 5 nitrogen and oxygen atoms in total. The van der Waals surface area contributed by atoms with E-state index >= 15 is 0 Å². The first-order valence-corrected chi connectivity index (χ1v) is 7.99. The van der Waals surface area contributed by atoms with Crippen LogP contribution in [0.1, 0.15) is 55.8 Å². The van der Waals surface area contributed by atoms with E-state index in [0.29, 0.717) is 13.0 Å². The molecule has 1 aromatic heterocycles. The minimum absolute atomic E-state index is 0.00648. The van der Waals surface area contributed by atoms with Crippen LogP contribution in [0.4, 0.5) is 0 Å². The molecule has 0 aliphatic rings. The van der Waals surface area contributed by atoms with Gasteiger partial charge in [-0.15, -0.1) is 11.3 Å². The van der Waals surface area contributed by atoms with Crippen molar-refractivity contribution in [3.8, 4) is 0 Å². The molecule has 1 heterocycles. The topological polar surface area (TPSA) is 77.2 Å². The molecule has 3 N–H and O–H groups in total. The molecule has 1 rings (SSSR count). The van der Waals surface area contributed by atoms with E-state index in [1.165, 1.54) is 0 Å². The average Bonchev–Trinajstić information content (AvgIpc) is 2.93. The highest BCUT2D eigenvalue weighted by Gasteiger charge is 2.09. The van der Waals surface area contributed by atoms with Gasteiger partial charge in [0.05, 0.1) is 12.2 Å². The number of amides is 1. The van der Waals surface area contributed by atoms with Gasteiger partial charge in [-0.3, -0.25) is 4.79 Å². The first-order chi connectivity index (χ1) is 9.67. The number of hydrogen-bond acceptors (Lipinski definition) is 5. The number of carbonyl (C=O) groups is 1. The number of ether oxygens (including phenoxy) is 1. The Bertz CT molecular complexity index is 396. The SMILES string of the molecule is COC(C)c1nc(CNC(=O)CCCCCCN)cs1. The molecule has 1 atom stereocenters. The summed E-state index contributed by atoms with van der Waals surface area (Å²) in [5.74, 6) is 0.0899. The van der Waals surface area contributed by atoms with E-state index in [0.717, 1.165) is 42.9 Å². The Labute approximate surface area is 124 Å². The van der Waals surface area contributed by atoms with Gasteiger partial charge in [0.25, 0.3) is 0 Å². The van der Waals surface area contributed by atoms with Gasteiger partial charge in [0, 0.05) is 18.9 Å². The molecule has 1 amide bonds. The molecule has 0 saturated carbocycles. The fourth-order valence-corrected chi connectivity index (χ4v) is 2.60. The number of rotatable bonds is 10. The summed E-state index contributed by atoms with van der Waals surface area (Å²) in [5, 5.41) is 5.81. The molecule has 0 saturated heterocycles. The highest BCUT2D eigenvalue weighted by atomic mass is 32.1. The zero-order valence-corrected chi connectivity index (χ0v) is 13.2. The van der Waals surface area contributed by atoms with E-state index in [1.807, 2.05) is 12.3 Å². The van der Waals surface area contributed by atoms with Crippen molar-refractivity contribution in [2.24, 2.45) is 5.73 Å². The van der Waals surface area contributed by atoms with Gasteiger partial charge in [-0.2, -0.15) is 0 Å². The van der Waals surface area contributed by atoms with Crippen LogP contribution in [0.3, 0.4) is 0 Å². The van der Waals surface area contributed by atoms with Gasteiger partial charge in [0.1, 0.15) is 11.1 Å². The predicted molar refractivity (Wildman–Crippen MR) is 81.5 cm³/mol. The third-order valence-corrected chi connectivity index (χ3v) is 4.15. The van der Waals surface area contributed by atoms with Gasteiger partial charge in [-0.25, -0.2) is 4.98 Å². The molecule has 1 unspecified atom stereocenters. The molecule has 20 heavy (non-hydrogen) atoms. The predicted octanol–water partition coefficient (Wildman–Crippen LogP) is 2.38. The summed E-state index contributed by atoms with van der Waals surface area (Å²) in [5.41, 5.74) is 6.32. The summed E-state index contributed by atoms with van der Waals surface area (Å²) in [7, 11) is 1.66. The van der Waals surface area contributed by atoms with E-state index in [1.54, 1.807) is 18.4 Å². The molecule has 114 valence electrons. The van der Waals surface area contributed by atoms with Crippen LogP contribution in [-0.2, 0) is 16.1 Å². The quantitative estimate of drug-likeness (QED) is 0.650. The van der Waals surface area contributed by atoms with Crippen molar-refractivity contribution in [1.82, 2.24) is 10.3 Å². The lowest BCUT2D eigenvalue weighted by molar-refractivity contribution is -0.121. The summed E-state index contributed by atoms with van der Waals surface area (Å²) in [4.78, 5) is 16.1. The zero-order valence-electron chi connectivity index (χ0n) is 12.4. The van der Waals surface area contributed by atoms with Crippen molar-refractivity contribution in [2.75, 3.05) is 13.7 Å². The number of aromatic nitrogens is 1. The second-order valence-electron chi connectivity index (χ2n) is 4.78. The van der Waals surface area contributed by atoms with Crippen LogP contribution in [0.2, 0.25) is 0 Å². The summed E-state index contributed by atoms with van der Waals surface area (Å²) >= 11 is 1.56. The van der Waals surface area contributed by atoms with Gasteiger partial charge < -0.3 is 15.8 Å². The second kappa shape index (κ2) is 9.85. The van der Waals surface area contributed by atoms with Crippen LogP contribution in [0.5, 0.6) is 0 Å². The first kappa shape index (κ1) is 17.1. The van der Waals surface area contributed by atoms with Gasteiger partial charge in [0.15, 0.2) is 0 Å². The Morgan fingerprint density at radius 1 is 1.45 bits per heavy atom. The van der Waals surface area contributed by atoms with Crippen LogP contribution in [0, 0.1) is 0 Å². The largest absolute Gasteiger partial charge is 0.375 e. The highest BCUT2D eigenvalue weighted by Crippen LogP contribution is 2.20. The summed E-state index contributed by atoms with van der Waals surface area (Å²) in [6, 6.07) is 0. The molecular weight excluding hydrogens is 274 g/mol. The third kappa shape index (κ3) is 6.45. The Balaban J connectivity index is 2.19. The fraction of sp³-hybridized carbons (Fsp3) is 0.714. The highest BCUT2D eigenvalue weighted by molar-refractivity contribution is 7.09. The molecule has 0 aromatic carbocycles. The fourth-order valence-electron chi connectivity index (χ4n) is 1.75. The van der Waals surface area contributed by atoms with Gasteiger partial charge >= 0.3 is 0 Å². The third-order valence-electron chi connectivity index (χ3n) is 3.10. The van der Waals surface area contributed by atoms with E-state index in [2.05, 4.69) is 10.3 Å². The smallest absolute Gasteiger partial charge is 0.220 e. The van der Waals surface area contributed by atoms with Crippen molar-refractivity contribution >= 4 is 17.2 Å². The number of nitrogens with two attached hydrogens (primary N) is 1. The van der Waals surface area contributed by atoms with E-state index in [9.17, 15) is 4.79 Å².